The largest absolute Gasteiger partial charge is 0.573 e. The van der Waals surface area contributed by atoms with Gasteiger partial charge in [0.25, 0.3) is 10.2 Å². The molecule has 196 valence electrons. The molecule has 4 rings (SSSR count). The van der Waals surface area contributed by atoms with Crippen LogP contribution in [0.4, 0.5) is 18.9 Å². The van der Waals surface area contributed by atoms with Crippen molar-refractivity contribution in [2.75, 3.05) is 38.0 Å². The summed E-state index contributed by atoms with van der Waals surface area (Å²) in [4.78, 5) is 15.3. The predicted octanol–water partition coefficient (Wildman–Crippen LogP) is 3.44. The van der Waals surface area contributed by atoms with E-state index in [-0.39, 0.29) is 18.8 Å². The Hall–Kier alpha value is -2.67. The first kappa shape index (κ1) is 26.4. The summed E-state index contributed by atoms with van der Waals surface area (Å²) >= 11 is 0. The van der Waals surface area contributed by atoms with Crippen molar-refractivity contribution in [2.24, 2.45) is 0 Å². The van der Waals surface area contributed by atoms with E-state index in [1.807, 2.05) is 35.2 Å². The summed E-state index contributed by atoms with van der Waals surface area (Å²) in [5, 5.41) is 2.72. The number of alkyl halides is 3. The van der Waals surface area contributed by atoms with E-state index in [0.29, 0.717) is 26.2 Å². The Labute approximate surface area is 208 Å². The molecular formula is C24H29F3N4O4S. The Kier molecular flexibility index (Phi) is 8.18. The number of ether oxygens (including phenoxy) is 1. The van der Waals surface area contributed by atoms with Gasteiger partial charge in [-0.15, -0.1) is 13.2 Å². The van der Waals surface area contributed by atoms with Crippen LogP contribution in [0.25, 0.3) is 0 Å². The lowest BCUT2D eigenvalue weighted by molar-refractivity contribution is -0.274. The zero-order valence-electron chi connectivity index (χ0n) is 19.7. The Morgan fingerprint density at radius 2 is 1.58 bits per heavy atom. The van der Waals surface area contributed by atoms with Crippen LogP contribution < -0.4 is 10.1 Å². The fraction of sp³-hybridized carbons (Fsp3) is 0.458. The molecule has 2 saturated heterocycles. The first-order chi connectivity index (χ1) is 17.1. The van der Waals surface area contributed by atoms with Crippen LogP contribution in [0.2, 0.25) is 0 Å². The van der Waals surface area contributed by atoms with E-state index in [0.717, 1.165) is 37.0 Å². The Morgan fingerprint density at radius 1 is 0.917 bits per heavy atom. The van der Waals surface area contributed by atoms with Gasteiger partial charge in [0.2, 0.25) is 5.91 Å². The average Bonchev–Trinajstić information content (AvgIpc) is 2.85. The Morgan fingerprint density at radius 3 is 2.22 bits per heavy atom. The molecule has 0 saturated carbocycles. The summed E-state index contributed by atoms with van der Waals surface area (Å²) in [7, 11) is -3.71. The van der Waals surface area contributed by atoms with Crippen molar-refractivity contribution in [3.63, 3.8) is 0 Å². The smallest absolute Gasteiger partial charge is 0.406 e. The number of amides is 1. The lowest BCUT2D eigenvalue weighted by atomic mass is 10.1. The number of hydrogen-bond donors (Lipinski definition) is 1. The van der Waals surface area contributed by atoms with Crippen LogP contribution in [-0.2, 0) is 21.5 Å². The van der Waals surface area contributed by atoms with Gasteiger partial charge in [-0.05, 0) is 42.7 Å². The molecule has 0 radical (unpaired) electrons. The molecule has 2 fully saturated rings. The summed E-state index contributed by atoms with van der Waals surface area (Å²) in [6.07, 6.45) is -2.20. The maximum atomic E-state index is 13.3. The Balaban J connectivity index is 1.50. The van der Waals surface area contributed by atoms with Crippen molar-refractivity contribution in [2.45, 2.75) is 38.2 Å². The third-order valence-electron chi connectivity index (χ3n) is 6.31. The van der Waals surface area contributed by atoms with E-state index >= 15 is 0 Å². The van der Waals surface area contributed by atoms with Gasteiger partial charge in [0.05, 0.1) is 0 Å². The van der Waals surface area contributed by atoms with Crippen molar-refractivity contribution in [3.05, 3.63) is 60.2 Å². The van der Waals surface area contributed by atoms with Crippen LogP contribution in [0.15, 0.2) is 54.6 Å². The lowest BCUT2D eigenvalue weighted by Crippen LogP contribution is -2.60. The number of rotatable bonds is 7. The summed E-state index contributed by atoms with van der Waals surface area (Å²) in [6.45, 7) is 1.99. The summed E-state index contributed by atoms with van der Waals surface area (Å²) in [5.74, 6) is -0.836. The summed E-state index contributed by atoms with van der Waals surface area (Å²) < 4.78 is 70.6. The highest BCUT2D eigenvalue weighted by Crippen LogP contribution is 2.25. The molecule has 36 heavy (non-hydrogen) atoms. The number of anilines is 1. The van der Waals surface area contributed by atoms with Crippen LogP contribution in [0, 0.1) is 0 Å². The standard InChI is InChI=1S/C24H29F3N4O4S/c25-24(26,27)35-21-11-9-20(10-12-21)28-23(32)22-18-31(36(33,34)30-13-5-2-6-14-30)16-15-29(22)17-19-7-3-1-4-8-19/h1,3-4,7-12,22H,2,5-6,13-18H2,(H,28,32). The number of hydrogen-bond acceptors (Lipinski definition) is 5. The van der Waals surface area contributed by atoms with Crippen LogP contribution in [0.5, 0.6) is 5.75 Å². The second-order valence-electron chi connectivity index (χ2n) is 8.86. The van der Waals surface area contributed by atoms with Crippen molar-refractivity contribution in [3.8, 4) is 5.75 Å². The quantitative estimate of drug-likeness (QED) is 0.598. The number of piperazine rings is 1. The van der Waals surface area contributed by atoms with Gasteiger partial charge in [-0.3, -0.25) is 9.69 Å². The minimum Gasteiger partial charge on any atom is -0.406 e. The zero-order valence-corrected chi connectivity index (χ0v) is 20.5. The molecule has 0 aromatic heterocycles. The summed E-state index contributed by atoms with van der Waals surface area (Å²) in [5.41, 5.74) is 1.27. The highest BCUT2D eigenvalue weighted by atomic mass is 32.2. The SMILES string of the molecule is O=C(Nc1ccc(OC(F)(F)F)cc1)C1CN(S(=O)(=O)N2CCCCC2)CCN1Cc1ccccc1. The molecule has 1 amide bonds. The Bertz CT molecular complexity index is 1120. The van der Waals surface area contributed by atoms with Crippen molar-refractivity contribution >= 4 is 21.8 Å². The van der Waals surface area contributed by atoms with E-state index in [2.05, 4.69) is 10.1 Å². The minimum atomic E-state index is -4.81. The van der Waals surface area contributed by atoms with E-state index < -0.39 is 34.3 Å². The fourth-order valence-electron chi connectivity index (χ4n) is 4.49. The maximum absolute atomic E-state index is 13.3. The third kappa shape index (κ3) is 6.75. The zero-order chi connectivity index (χ0) is 25.8. The van der Waals surface area contributed by atoms with Gasteiger partial charge in [-0.2, -0.15) is 17.0 Å². The highest BCUT2D eigenvalue weighted by Gasteiger charge is 2.40. The second-order valence-corrected chi connectivity index (χ2v) is 10.8. The number of benzene rings is 2. The predicted molar refractivity (Wildman–Crippen MR) is 128 cm³/mol. The molecular weight excluding hydrogens is 497 g/mol. The fourth-order valence-corrected chi connectivity index (χ4v) is 6.17. The van der Waals surface area contributed by atoms with E-state index in [9.17, 15) is 26.4 Å². The molecule has 12 heteroatoms. The number of nitrogens with one attached hydrogen (secondary N) is 1. The van der Waals surface area contributed by atoms with E-state index in [1.165, 1.54) is 20.7 Å². The number of halogens is 3. The first-order valence-corrected chi connectivity index (χ1v) is 13.2. The van der Waals surface area contributed by atoms with E-state index in [1.54, 1.807) is 0 Å². The van der Waals surface area contributed by atoms with Gasteiger partial charge >= 0.3 is 6.36 Å². The van der Waals surface area contributed by atoms with Crippen LogP contribution >= 0.6 is 0 Å². The lowest BCUT2D eigenvalue weighted by Gasteiger charge is -2.41. The van der Waals surface area contributed by atoms with Gasteiger partial charge < -0.3 is 10.1 Å². The molecule has 1 N–H and O–H groups in total. The molecule has 2 aromatic carbocycles. The number of piperidine rings is 1. The van der Waals surface area contributed by atoms with Gasteiger partial charge in [0.1, 0.15) is 11.8 Å². The minimum absolute atomic E-state index is 0.0211. The average molecular weight is 527 g/mol. The molecule has 1 atom stereocenters. The third-order valence-corrected chi connectivity index (χ3v) is 8.31. The van der Waals surface area contributed by atoms with Gasteiger partial charge in [-0.1, -0.05) is 36.8 Å². The molecule has 0 bridgehead atoms. The number of nitrogens with zero attached hydrogens (tertiary/aromatic N) is 3. The first-order valence-electron chi connectivity index (χ1n) is 11.8. The molecule has 2 heterocycles. The van der Waals surface area contributed by atoms with Gasteiger partial charge in [0, 0.05) is 45.0 Å². The molecule has 2 aromatic rings. The monoisotopic (exact) mass is 526 g/mol. The van der Waals surface area contributed by atoms with Crippen molar-refractivity contribution in [1.29, 1.82) is 0 Å². The molecule has 2 aliphatic rings. The molecule has 1 unspecified atom stereocenters. The van der Waals surface area contributed by atoms with Crippen molar-refractivity contribution < 1.29 is 31.1 Å². The normalized spacial score (nSPS) is 20.7. The highest BCUT2D eigenvalue weighted by molar-refractivity contribution is 7.86. The van der Waals surface area contributed by atoms with Crippen LogP contribution in [0.1, 0.15) is 24.8 Å². The van der Waals surface area contributed by atoms with Gasteiger partial charge in [0.15, 0.2) is 0 Å². The molecule has 2 aliphatic heterocycles. The van der Waals surface area contributed by atoms with Crippen molar-refractivity contribution in [1.82, 2.24) is 13.5 Å². The van der Waals surface area contributed by atoms with Gasteiger partial charge in [-0.25, -0.2) is 0 Å². The molecule has 8 nitrogen and oxygen atoms in total. The maximum Gasteiger partial charge on any atom is 0.573 e. The van der Waals surface area contributed by atoms with E-state index in [4.69, 9.17) is 0 Å². The van der Waals surface area contributed by atoms with Crippen LogP contribution in [-0.4, -0.2) is 73.0 Å². The molecule has 0 aliphatic carbocycles. The summed E-state index contributed by atoms with van der Waals surface area (Å²) in [6, 6.07) is 13.6. The second kappa shape index (κ2) is 11.2. The topological polar surface area (TPSA) is 82.2 Å². The number of carbonyl (C=O) groups excluding carboxylic acids is 1. The van der Waals surface area contributed by atoms with Crippen LogP contribution in [0.3, 0.4) is 0 Å². The molecule has 0 spiro atoms. The number of carbonyl (C=O) groups is 1.